The van der Waals surface area contributed by atoms with Crippen molar-refractivity contribution in [3.63, 3.8) is 0 Å². The van der Waals surface area contributed by atoms with Crippen molar-refractivity contribution < 1.29 is 27.6 Å². The van der Waals surface area contributed by atoms with E-state index < -0.39 is 34.7 Å². The van der Waals surface area contributed by atoms with E-state index in [0.717, 1.165) is 12.1 Å². The summed E-state index contributed by atoms with van der Waals surface area (Å²) in [7, 11) is 0. The number of thioether (sulfide) groups is 1. The van der Waals surface area contributed by atoms with E-state index in [1.165, 1.54) is 30.0 Å². The SMILES string of the molecule is CCC(Sc1cccc(NC(=O)/C(=C/c2cccc(Cl)c2)NC(=O)c2ccccc2)c1)C(=O)Nc1cccc(C(F)(F)F)c1. The monoisotopic (exact) mass is 637 g/mol. The number of anilines is 2. The molecule has 44 heavy (non-hydrogen) atoms. The van der Waals surface area contributed by atoms with Gasteiger partial charge >= 0.3 is 6.18 Å². The van der Waals surface area contributed by atoms with E-state index in [4.69, 9.17) is 11.6 Å². The maximum absolute atomic E-state index is 13.4. The Morgan fingerprint density at radius 3 is 2.20 bits per heavy atom. The number of halogens is 4. The van der Waals surface area contributed by atoms with Crippen LogP contribution < -0.4 is 16.0 Å². The Labute approximate surface area is 261 Å². The highest BCUT2D eigenvalue weighted by Crippen LogP contribution is 2.32. The lowest BCUT2D eigenvalue weighted by Crippen LogP contribution is -2.30. The van der Waals surface area contributed by atoms with Gasteiger partial charge in [0, 0.05) is 26.9 Å². The lowest BCUT2D eigenvalue weighted by Gasteiger charge is -2.16. The Bertz CT molecular complexity index is 1680. The summed E-state index contributed by atoms with van der Waals surface area (Å²) in [6.45, 7) is 1.79. The summed E-state index contributed by atoms with van der Waals surface area (Å²) in [5, 5.41) is 7.84. The number of carbonyl (C=O) groups is 3. The standard InChI is InChI=1S/C33H27ClF3N3O3S/c1-2-29(32(43)39-25-14-7-12-23(19-25)33(35,36)37)44-27-16-8-15-26(20-27)38-31(42)28(18-21-9-6-13-24(34)17-21)40-30(41)22-10-4-3-5-11-22/h3-20,29H,2H2,1H3,(H,38,42)(H,39,43)(H,40,41)/b28-18-. The van der Waals surface area contributed by atoms with Gasteiger partial charge in [-0.1, -0.05) is 61.0 Å². The van der Waals surface area contributed by atoms with Gasteiger partial charge in [-0.15, -0.1) is 11.8 Å². The normalized spacial score (nSPS) is 12.2. The van der Waals surface area contributed by atoms with Crippen molar-refractivity contribution in [1.29, 1.82) is 0 Å². The first-order valence-corrected chi connectivity index (χ1v) is 14.7. The van der Waals surface area contributed by atoms with Crippen LogP contribution in [0.1, 0.15) is 34.8 Å². The maximum Gasteiger partial charge on any atom is 0.416 e. The highest BCUT2D eigenvalue weighted by atomic mass is 35.5. The van der Waals surface area contributed by atoms with Crippen LogP contribution in [0.2, 0.25) is 5.02 Å². The van der Waals surface area contributed by atoms with Crippen LogP contribution in [0, 0.1) is 0 Å². The number of hydrogen-bond acceptors (Lipinski definition) is 4. The molecule has 3 N–H and O–H groups in total. The van der Waals surface area contributed by atoms with Crippen LogP contribution in [-0.4, -0.2) is 23.0 Å². The van der Waals surface area contributed by atoms with E-state index in [1.807, 2.05) is 0 Å². The van der Waals surface area contributed by atoms with Crippen molar-refractivity contribution in [2.24, 2.45) is 0 Å². The molecule has 0 saturated carbocycles. The van der Waals surface area contributed by atoms with Crippen LogP contribution in [0.15, 0.2) is 114 Å². The molecule has 0 saturated heterocycles. The minimum Gasteiger partial charge on any atom is -0.325 e. The third-order valence-electron chi connectivity index (χ3n) is 6.18. The molecule has 1 atom stereocenters. The predicted octanol–water partition coefficient (Wildman–Crippen LogP) is 8.28. The van der Waals surface area contributed by atoms with Crippen molar-refractivity contribution in [2.75, 3.05) is 10.6 Å². The molecular formula is C33H27ClF3N3O3S. The molecule has 0 radical (unpaired) electrons. The largest absolute Gasteiger partial charge is 0.416 e. The van der Waals surface area contributed by atoms with Gasteiger partial charge in [-0.25, -0.2) is 0 Å². The summed E-state index contributed by atoms with van der Waals surface area (Å²) in [5.74, 6) is -1.52. The molecule has 0 spiro atoms. The highest BCUT2D eigenvalue weighted by Gasteiger charge is 2.30. The predicted molar refractivity (Wildman–Crippen MR) is 168 cm³/mol. The number of carbonyl (C=O) groups excluding carboxylic acids is 3. The van der Waals surface area contributed by atoms with Crippen molar-refractivity contribution in [3.05, 3.63) is 131 Å². The minimum absolute atomic E-state index is 0.0222. The molecular weight excluding hydrogens is 611 g/mol. The molecule has 1 unspecified atom stereocenters. The van der Waals surface area contributed by atoms with Crippen molar-refractivity contribution in [1.82, 2.24) is 5.32 Å². The van der Waals surface area contributed by atoms with E-state index in [1.54, 1.807) is 85.8 Å². The summed E-state index contributed by atoms with van der Waals surface area (Å²) in [5.41, 5.74) is 0.525. The van der Waals surface area contributed by atoms with Crippen LogP contribution in [0.4, 0.5) is 24.5 Å². The van der Waals surface area contributed by atoms with Crippen LogP contribution in [0.25, 0.3) is 6.08 Å². The third-order valence-corrected chi connectivity index (χ3v) is 7.77. The summed E-state index contributed by atoms with van der Waals surface area (Å²) in [6.07, 6.45) is -2.63. The van der Waals surface area contributed by atoms with Gasteiger partial charge in [0.1, 0.15) is 5.70 Å². The molecule has 11 heteroatoms. The second-order valence-corrected chi connectivity index (χ2v) is 11.2. The first kappa shape index (κ1) is 32.4. The van der Waals surface area contributed by atoms with E-state index >= 15 is 0 Å². The minimum atomic E-state index is -4.53. The van der Waals surface area contributed by atoms with Gasteiger partial charge in [0.05, 0.1) is 10.8 Å². The Balaban J connectivity index is 1.49. The lowest BCUT2D eigenvalue weighted by molar-refractivity contribution is -0.137. The second kappa shape index (κ2) is 14.8. The van der Waals surface area contributed by atoms with E-state index in [9.17, 15) is 27.6 Å². The van der Waals surface area contributed by atoms with Crippen LogP contribution in [-0.2, 0) is 15.8 Å². The average molecular weight is 638 g/mol. The van der Waals surface area contributed by atoms with Gasteiger partial charge < -0.3 is 16.0 Å². The quantitative estimate of drug-likeness (QED) is 0.121. The molecule has 0 aromatic heterocycles. The molecule has 4 aromatic rings. The van der Waals surface area contributed by atoms with Gasteiger partial charge in [0.25, 0.3) is 11.8 Å². The fourth-order valence-electron chi connectivity index (χ4n) is 4.03. The molecule has 0 heterocycles. The Morgan fingerprint density at radius 1 is 0.841 bits per heavy atom. The number of nitrogens with one attached hydrogen (secondary N) is 3. The molecule has 0 aliphatic rings. The smallest absolute Gasteiger partial charge is 0.325 e. The molecule has 6 nitrogen and oxygen atoms in total. The van der Waals surface area contributed by atoms with Crippen LogP contribution >= 0.6 is 23.4 Å². The molecule has 0 fully saturated rings. The first-order valence-electron chi connectivity index (χ1n) is 13.4. The Kier molecular flexibility index (Phi) is 10.9. The Hall–Kier alpha value is -4.54. The van der Waals surface area contributed by atoms with Gasteiger partial charge in [-0.2, -0.15) is 13.2 Å². The number of benzene rings is 4. The topological polar surface area (TPSA) is 87.3 Å². The molecule has 4 aromatic carbocycles. The molecule has 226 valence electrons. The zero-order valence-electron chi connectivity index (χ0n) is 23.3. The number of hydrogen-bond donors (Lipinski definition) is 3. The fourth-order valence-corrected chi connectivity index (χ4v) is 5.25. The summed E-state index contributed by atoms with van der Waals surface area (Å²) in [6, 6.07) is 26.4. The van der Waals surface area contributed by atoms with Crippen LogP contribution in [0.5, 0.6) is 0 Å². The number of rotatable bonds is 10. The van der Waals surface area contributed by atoms with Gasteiger partial charge in [-0.05, 0) is 78.7 Å². The molecule has 4 rings (SSSR count). The molecule has 0 bridgehead atoms. The van der Waals surface area contributed by atoms with Gasteiger partial charge in [-0.3, -0.25) is 14.4 Å². The van der Waals surface area contributed by atoms with E-state index in [2.05, 4.69) is 16.0 Å². The average Bonchev–Trinajstić information content (AvgIpc) is 3.00. The number of amides is 3. The fraction of sp³-hybridized carbons (Fsp3) is 0.121. The summed E-state index contributed by atoms with van der Waals surface area (Å²) in [4.78, 5) is 39.9. The zero-order valence-corrected chi connectivity index (χ0v) is 24.9. The molecule has 3 amide bonds. The third kappa shape index (κ3) is 9.23. The highest BCUT2D eigenvalue weighted by molar-refractivity contribution is 8.00. The maximum atomic E-state index is 13.4. The summed E-state index contributed by atoms with van der Waals surface area (Å²) >= 11 is 7.31. The molecule has 0 aliphatic heterocycles. The lowest BCUT2D eigenvalue weighted by atomic mass is 10.1. The van der Waals surface area contributed by atoms with Crippen molar-refractivity contribution >= 4 is 58.5 Å². The van der Waals surface area contributed by atoms with E-state index in [-0.39, 0.29) is 11.4 Å². The number of alkyl halides is 3. The first-order chi connectivity index (χ1) is 21.0. The van der Waals surface area contributed by atoms with Crippen LogP contribution in [0.3, 0.4) is 0 Å². The van der Waals surface area contributed by atoms with E-state index in [0.29, 0.717) is 33.2 Å². The van der Waals surface area contributed by atoms with Gasteiger partial charge in [0.2, 0.25) is 5.91 Å². The molecule has 0 aliphatic carbocycles. The second-order valence-electron chi connectivity index (χ2n) is 9.50. The van der Waals surface area contributed by atoms with Crippen molar-refractivity contribution in [2.45, 2.75) is 29.7 Å². The zero-order chi connectivity index (χ0) is 31.7. The Morgan fingerprint density at radius 2 is 1.52 bits per heavy atom. The summed E-state index contributed by atoms with van der Waals surface area (Å²) < 4.78 is 39.3. The van der Waals surface area contributed by atoms with Crippen molar-refractivity contribution in [3.8, 4) is 0 Å². The van der Waals surface area contributed by atoms with Gasteiger partial charge in [0.15, 0.2) is 0 Å².